The highest BCUT2D eigenvalue weighted by Gasteiger charge is 2.28. The zero-order valence-electron chi connectivity index (χ0n) is 11.1. The molecule has 1 aliphatic carbocycles. The highest BCUT2D eigenvalue weighted by molar-refractivity contribution is 7.12. The van der Waals surface area contributed by atoms with Crippen molar-refractivity contribution in [2.24, 2.45) is 0 Å². The second-order valence-corrected chi connectivity index (χ2v) is 6.45. The molecular formula is C14H21NO2S. The number of nitrogens with zero attached hydrogens (tertiary/aromatic N) is 1. The third-order valence-electron chi connectivity index (χ3n) is 3.64. The Hall–Kier alpha value is -0.870. The molecule has 1 N–H and O–H groups in total. The average Bonchev–Trinajstić information content (AvgIpc) is 2.95. The van der Waals surface area contributed by atoms with Crippen LogP contribution >= 0.6 is 11.3 Å². The van der Waals surface area contributed by atoms with Gasteiger partial charge < -0.3 is 10.0 Å². The molecule has 0 atom stereocenters. The summed E-state index contributed by atoms with van der Waals surface area (Å²) in [7, 11) is 0. The minimum absolute atomic E-state index is 0.0460. The fourth-order valence-electron chi connectivity index (χ4n) is 2.77. The molecule has 0 saturated heterocycles. The van der Waals surface area contributed by atoms with Crippen LogP contribution < -0.4 is 0 Å². The number of thiophene rings is 1. The van der Waals surface area contributed by atoms with E-state index in [2.05, 4.69) is 0 Å². The second-order valence-electron chi connectivity index (χ2n) is 4.99. The Labute approximate surface area is 112 Å². The van der Waals surface area contributed by atoms with Gasteiger partial charge in [-0.1, -0.05) is 12.8 Å². The quantitative estimate of drug-likeness (QED) is 0.911. The van der Waals surface area contributed by atoms with Crippen molar-refractivity contribution in [2.45, 2.75) is 45.6 Å². The van der Waals surface area contributed by atoms with E-state index in [1.807, 2.05) is 24.8 Å². The van der Waals surface area contributed by atoms with Gasteiger partial charge in [-0.25, -0.2) is 0 Å². The van der Waals surface area contributed by atoms with Crippen LogP contribution in [-0.4, -0.2) is 35.1 Å². The molecule has 1 aromatic heterocycles. The lowest BCUT2D eigenvalue weighted by Crippen LogP contribution is -2.40. The van der Waals surface area contributed by atoms with Gasteiger partial charge in [0.05, 0.1) is 12.2 Å². The fourth-order valence-corrected chi connectivity index (χ4v) is 3.69. The van der Waals surface area contributed by atoms with Gasteiger partial charge in [0.15, 0.2) is 0 Å². The highest BCUT2D eigenvalue weighted by Crippen LogP contribution is 2.27. The number of hydrogen-bond acceptors (Lipinski definition) is 3. The van der Waals surface area contributed by atoms with Crippen molar-refractivity contribution < 1.29 is 9.90 Å². The van der Waals surface area contributed by atoms with Crippen LogP contribution in [0.2, 0.25) is 0 Å². The number of carbonyl (C=O) groups is 1. The smallest absolute Gasteiger partial charge is 0.255 e. The van der Waals surface area contributed by atoms with Crippen LogP contribution in [0, 0.1) is 13.8 Å². The molecule has 1 saturated carbocycles. The molecule has 3 nitrogen and oxygen atoms in total. The minimum atomic E-state index is 0.0460. The first-order valence-corrected chi connectivity index (χ1v) is 7.44. The van der Waals surface area contributed by atoms with Crippen molar-refractivity contribution in [3.8, 4) is 0 Å². The van der Waals surface area contributed by atoms with E-state index in [0.717, 1.165) is 23.3 Å². The Morgan fingerprint density at radius 2 is 2.11 bits per heavy atom. The molecule has 4 heteroatoms. The molecule has 1 heterocycles. The summed E-state index contributed by atoms with van der Waals surface area (Å²) >= 11 is 1.67. The molecule has 0 unspecified atom stereocenters. The summed E-state index contributed by atoms with van der Waals surface area (Å²) in [6, 6.07) is 2.30. The predicted octanol–water partition coefficient (Wildman–Crippen LogP) is 2.74. The van der Waals surface area contributed by atoms with E-state index in [1.165, 1.54) is 17.7 Å². The Morgan fingerprint density at radius 1 is 1.44 bits per heavy atom. The van der Waals surface area contributed by atoms with Crippen LogP contribution in [0.25, 0.3) is 0 Å². The lowest BCUT2D eigenvalue weighted by Gasteiger charge is -2.28. The van der Waals surface area contributed by atoms with E-state index < -0.39 is 0 Å². The number of aliphatic hydroxyl groups excluding tert-OH is 1. The molecule has 0 bridgehead atoms. The van der Waals surface area contributed by atoms with Gasteiger partial charge in [0.2, 0.25) is 0 Å². The second kappa shape index (κ2) is 5.85. The van der Waals surface area contributed by atoms with E-state index in [-0.39, 0.29) is 12.5 Å². The standard InChI is InChI=1S/C14H21NO2S/c1-10-9-13(11(2)18-10)14(17)15(7-8-16)12-5-3-4-6-12/h9,12,16H,3-8H2,1-2H3. The van der Waals surface area contributed by atoms with Gasteiger partial charge in [0.1, 0.15) is 0 Å². The molecule has 0 aliphatic heterocycles. The number of aryl methyl sites for hydroxylation is 2. The van der Waals surface area contributed by atoms with Gasteiger partial charge >= 0.3 is 0 Å². The Balaban J connectivity index is 2.19. The van der Waals surface area contributed by atoms with E-state index in [0.29, 0.717) is 12.6 Å². The number of rotatable bonds is 4. The Kier molecular flexibility index (Phi) is 4.40. The van der Waals surface area contributed by atoms with Crippen molar-refractivity contribution in [3.05, 3.63) is 21.4 Å². The molecule has 1 amide bonds. The first-order chi connectivity index (χ1) is 8.63. The molecule has 1 fully saturated rings. The van der Waals surface area contributed by atoms with Gasteiger partial charge in [-0.15, -0.1) is 11.3 Å². The van der Waals surface area contributed by atoms with Crippen LogP contribution in [-0.2, 0) is 0 Å². The fraction of sp³-hybridized carbons (Fsp3) is 0.643. The summed E-state index contributed by atoms with van der Waals surface area (Å²) in [5.74, 6) is 0.0952. The molecule has 100 valence electrons. The van der Waals surface area contributed by atoms with Crippen LogP contribution in [0.1, 0.15) is 45.8 Å². The topological polar surface area (TPSA) is 40.5 Å². The maximum atomic E-state index is 12.6. The van der Waals surface area contributed by atoms with Gasteiger partial charge in [0, 0.05) is 22.3 Å². The Morgan fingerprint density at radius 3 is 2.61 bits per heavy atom. The Bertz CT molecular complexity index is 421. The number of carbonyl (C=O) groups excluding carboxylic acids is 1. The third-order valence-corrected chi connectivity index (χ3v) is 4.60. The predicted molar refractivity (Wildman–Crippen MR) is 74.2 cm³/mol. The first-order valence-electron chi connectivity index (χ1n) is 6.62. The van der Waals surface area contributed by atoms with Gasteiger partial charge in [-0.2, -0.15) is 0 Å². The first kappa shape index (κ1) is 13.6. The molecule has 1 aromatic rings. The molecule has 2 rings (SSSR count). The monoisotopic (exact) mass is 267 g/mol. The van der Waals surface area contributed by atoms with E-state index in [4.69, 9.17) is 0 Å². The molecule has 0 aromatic carbocycles. The number of amides is 1. The van der Waals surface area contributed by atoms with Crippen LogP contribution in [0.5, 0.6) is 0 Å². The van der Waals surface area contributed by atoms with E-state index in [1.54, 1.807) is 11.3 Å². The van der Waals surface area contributed by atoms with E-state index in [9.17, 15) is 9.90 Å². The zero-order valence-corrected chi connectivity index (χ0v) is 11.9. The van der Waals surface area contributed by atoms with Crippen molar-refractivity contribution in [3.63, 3.8) is 0 Å². The maximum Gasteiger partial charge on any atom is 0.255 e. The molecule has 0 radical (unpaired) electrons. The minimum Gasteiger partial charge on any atom is -0.395 e. The van der Waals surface area contributed by atoms with Crippen molar-refractivity contribution in [2.75, 3.05) is 13.2 Å². The highest BCUT2D eigenvalue weighted by atomic mass is 32.1. The van der Waals surface area contributed by atoms with Crippen LogP contribution in [0.3, 0.4) is 0 Å². The van der Waals surface area contributed by atoms with Crippen molar-refractivity contribution in [1.82, 2.24) is 4.90 Å². The maximum absolute atomic E-state index is 12.6. The lowest BCUT2D eigenvalue weighted by molar-refractivity contribution is 0.0638. The number of hydrogen-bond donors (Lipinski definition) is 1. The molecule has 18 heavy (non-hydrogen) atoms. The summed E-state index contributed by atoms with van der Waals surface area (Å²) in [6.45, 7) is 4.53. The average molecular weight is 267 g/mol. The van der Waals surface area contributed by atoms with Crippen molar-refractivity contribution >= 4 is 17.2 Å². The van der Waals surface area contributed by atoms with Crippen LogP contribution in [0.4, 0.5) is 0 Å². The van der Waals surface area contributed by atoms with Crippen LogP contribution in [0.15, 0.2) is 6.07 Å². The summed E-state index contributed by atoms with van der Waals surface area (Å²) in [5, 5.41) is 9.18. The van der Waals surface area contributed by atoms with Gasteiger partial charge in [0.25, 0.3) is 5.91 Å². The van der Waals surface area contributed by atoms with E-state index >= 15 is 0 Å². The molecular weight excluding hydrogens is 246 g/mol. The summed E-state index contributed by atoms with van der Waals surface area (Å²) in [6.07, 6.45) is 4.55. The van der Waals surface area contributed by atoms with Crippen molar-refractivity contribution in [1.29, 1.82) is 0 Å². The number of aliphatic hydroxyl groups is 1. The third kappa shape index (κ3) is 2.75. The summed E-state index contributed by atoms with van der Waals surface area (Å²) in [5.41, 5.74) is 0.817. The lowest BCUT2D eigenvalue weighted by atomic mass is 10.1. The largest absolute Gasteiger partial charge is 0.395 e. The van der Waals surface area contributed by atoms with Gasteiger partial charge in [-0.3, -0.25) is 4.79 Å². The summed E-state index contributed by atoms with van der Waals surface area (Å²) < 4.78 is 0. The van der Waals surface area contributed by atoms with Gasteiger partial charge in [-0.05, 0) is 32.8 Å². The zero-order chi connectivity index (χ0) is 13.1. The normalized spacial score (nSPS) is 16.2. The molecule has 1 aliphatic rings. The molecule has 0 spiro atoms. The SMILES string of the molecule is Cc1cc(C(=O)N(CCO)C2CCCC2)c(C)s1. The summed E-state index contributed by atoms with van der Waals surface area (Å²) in [4.78, 5) is 16.7.